The number of hydrogen-bond donors (Lipinski definition) is 1. The minimum atomic E-state index is -4.55. The van der Waals surface area contributed by atoms with Crippen LogP contribution in [0.15, 0.2) is 41.0 Å². The number of rotatable bonds is 5. The van der Waals surface area contributed by atoms with E-state index in [-0.39, 0.29) is 29.0 Å². The lowest BCUT2D eigenvalue weighted by Gasteiger charge is -2.10. The predicted molar refractivity (Wildman–Crippen MR) is 121 cm³/mol. The zero-order chi connectivity index (χ0) is 23.9. The molecule has 3 aromatic heterocycles. The van der Waals surface area contributed by atoms with Crippen LogP contribution in [-0.4, -0.2) is 30.5 Å². The van der Waals surface area contributed by atoms with E-state index in [0.717, 1.165) is 17.2 Å². The van der Waals surface area contributed by atoms with Crippen LogP contribution in [-0.2, 0) is 24.1 Å². The first-order valence-corrected chi connectivity index (χ1v) is 10.8. The van der Waals surface area contributed by atoms with Crippen molar-refractivity contribution >= 4 is 38.7 Å². The number of benzene rings is 1. The molecule has 1 aromatic carbocycles. The summed E-state index contributed by atoms with van der Waals surface area (Å²) in [6.45, 7) is 5.15. The number of halogens is 4. The van der Waals surface area contributed by atoms with Gasteiger partial charge in [0.1, 0.15) is 6.54 Å². The molecule has 33 heavy (non-hydrogen) atoms. The summed E-state index contributed by atoms with van der Waals surface area (Å²) in [4.78, 5) is 16.9. The van der Waals surface area contributed by atoms with Crippen LogP contribution in [0.2, 0.25) is 0 Å². The van der Waals surface area contributed by atoms with E-state index < -0.39 is 17.6 Å². The number of nitrogens with zero attached hydrogens (tertiary/aromatic N) is 5. The second kappa shape index (κ2) is 8.62. The van der Waals surface area contributed by atoms with Crippen molar-refractivity contribution < 1.29 is 18.0 Å². The number of aryl methyl sites for hydroxylation is 3. The Labute approximate surface area is 195 Å². The Morgan fingerprint density at radius 2 is 1.91 bits per heavy atom. The molecule has 1 N–H and O–H groups in total. The van der Waals surface area contributed by atoms with Crippen LogP contribution in [0.5, 0.6) is 0 Å². The first kappa shape index (κ1) is 23.0. The molecule has 0 aliphatic heterocycles. The molecule has 0 fully saturated rings. The molecular formula is C22H20BrF3N6O. The van der Waals surface area contributed by atoms with Crippen LogP contribution in [0.1, 0.15) is 28.1 Å². The van der Waals surface area contributed by atoms with Crippen LogP contribution in [0.4, 0.5) is 19.0 Å². The summed E-state index contributed by atoms with van der Waals surface area (Å²) in [5.41, 5.74) is 1.73. The van der Waals surface area contributed by atoms with E-state index in [2.05, 4.69) is 36.4 Å². The van der Waals surface area contributed by atoms with Gasteiger partial charge in [-0.05, 0) is 48.3 Å². The molecule has 4 rings (SSSR count). The topological polar surface area (TPSA) is 77.6 Å². The summed E-state index contributed by atoms with van der Waals surface area (Å²) in [6, 6.07) is 8.98. The van der Waals surface area contributed by atoms with E-state index in [9.17, 15) is 18.0 Å². The van der Waals surface area contributed by atoms with Gasteiger partial charge in [0.15, 0.2) is 11.5 Å². The fourth-order valence-corrected chi connectivity index (χ4v) is 4.10. The third-order valence-electron chi connectivity index (χ3n) is 5.01. The molecule has 0 spiro atoms. The number of carbonyl (C=O) groups is 1. The number of pyridine rings is 1. The summed E-state index contributed by atoms with van der Waals surface area (Å²) in [5, 5.41) is 11.1. The zero-order valence-corrected chi connectivity index (χ0v) is 19.6. The molecule has 11 heteroatoms. The van der Waals surface area contributed by atoms with Gasteiger partial charge >= 0.3 is 6.18 Å². The van der Waals surface area contributed by atoms with Crippen molar-refractivity contribution in [3.63, 3.8) is 0 Å². The molecule has 0 aliphatic carbocycles. The minimum Gasteiger partial charge on any atom is -0.307 e. The number of fused-ring (bicyclic) bond motifs is 1. The Hall–Kier alpha value is -3.21. The van der Waals surface area contributed by atoms with E-state index in [1.54, 1.807) is 10.9 Å². The molecule has 0 saturated carbocycles. The van der Waals surface area contributed by atoms with Crippen molar-refractivity contribution in [2.45, 2.75) is 40.0 Å². The number of hydrogen-bond acceptors (Lipinski definition) is 4. The summed E-state index contributed by atoms with van der Waals surface area (Å²) in [7, 11) is 0. The third-order valence-corrected chi connectivity index (χ3v) is 5.59. The number of anilines is 1. The number of nitrogens with one attached hydrogen (secondary N) is 1. The Bertz CT molecular complexity index is 1360. The highest BCUT2D eigenvalue weighted by Crippen LogP contribution is 2.36. The van der Waals surface area contributed by atoms with Gasteiger partial charge in [-0.25, -0.2) is 9.67 Å². The Kier molecular flexibility index (Phi) is 6.00. The fourth-order valence-electron chi connectivity index (χ4n) is 3.68. The quantitative estimate of drug-likeness (QED) is 0.400. The molecule has 7 nitrogen and oxygen atoms in total. The molecule has 0 saturated heterocycles. The molecular weight excluding hydrogens is 501 g/mol. The Balaban J connectivity index is 1.55. The molecule has 0 atom stereocenters. The molecule has 172 valence electrons. The van der Waals surface area contributed by atoms with Gasteiger partial charge in [-0.2, -0.15) is 23.4 Å². The first-order valence-electron chi connectivity index (χ1n) is 10.0. The van der Waals surface area contributed by atoms with E-state index >= 15 is 0 Å². The predicted octanol–water partition coefficient (Wildman–Crippen LogP) is 5.02. The second-order valence-corrected chi connectivity index (χ2v) is 8.67. The van der Waals surface area contributed by atoms with Gasteiger partial charge < -0.3 is 5.32 Å². The standard InChI is InChI=1S/C22H20BrF3N6O/c1-12-5-4-6-15(7-12)9-31-10-17(23)20(30-31)28-18(33)11-32-21-19(14(3)29-32)16(22(24,25)26)8-13(2)27-21/h4-8,10H,9,11H2,1-3H3,(H,28,30,33). The van der Waals surface area contributed by atoms with Crippen molar-refractivity contribution in [3.05, 3.63) is 69.1 Å². The van der Waals surface area contributed by atoms with Crippen LogP contribution in [0.25, 0.3) is 11.0 Å². The Morgan fingerprint density at radius 3 is 2.61 bits per heavy atom. The summed E-state index contributed by atoms with van der Waals surface area (Å²) in [5.74, 6) is -0.182. The maximum atomic E-state index is 13.5. The van der Waals surface area contributed by atoms with Crippen LogP contribution in [0, 0.1) is 20.8 Å². The fraction of sp³-hybridized carbons (Fsp3) is 0.273. The lowest BCUT2D eigenvalue weighted by molar-refractivity contribution is -0.136. The number of aromatic nitrogens is 5. The van der Waals surface area contributed by atoms with Gasteiger partial charge in [0.05, 0.1) is 27.7 Å². The monoisotopic (exact) mass is 520 g/mol. The summed E-state index contributed by atoms with van der Waals surface area (Å²) in [6.07, 6.45) is -2.81. The Morgan fingerprint density at radius 1 is 1.15 bits per heavy atom. The van der Waals surface area contributed by atoms with Crippen molar-refractivity contribution in [1.29, 1.82) is 0 Å². The smallest absolute Gasteiger partial charge is 0.307 e. The largest absolute Gasteiger partial charge is 0.417 e. The van der Waals surface area contributed by atoms with Crippen molar-refractivity contribution in [2.24, 2.45) is 0 Å². The highest BCUT2D eigenvalue weighted by molar-refractivity contribution is 9.10. The lowest BCUT2D eigenvalue weighted by atomic mass is 10.1. The van der Waals surface area contributed by atoms with Gasteiger partial charge in [-0.3, -0.25) is 9.48 Å². The van der Waals surface area contributed by atoms with Crippen molar-refractivity contribution in [2.75, 3.05) is 5.32 Å². The number of alkyl halides is 3. The molecule has 3 heterocycles. The maximum Gasteiger partial charge on any atom is 0.417 e. The molecule has 1 amide bonds. The van der Waals surface area contributed by atoms with E-state index in [4.69, 9.17) is 0 Å². The third kappa shape index (κ3) is 4.92. The van der Waals surface area contributed by atoms with Gasteiger partial charge in [0.25, 0.3) is 0 Å². The second-order valence-electron chi connectivity index (χ2n) is 7.81. The summed E-state index contributed by atoms with van der Waals surface area (Å²) >= 11 is 3.39. The molecule has 0 radical (unpaired) electrons. The summed E-state index contributed by atoms with van der Waals surface area (Å²) < 4.78 is 44.0. The van der Waals surface area contributed by atoms with E-state index in [1.165, 1.54) is 18.5 Å². The first-order chi connectivity index (χ1) is 15.5. The average molecular weight is 521 g/mol. The average Bonchev–Trinajstić information content (AvgIpc) is 3.19. The van der Waals surface area contributed by atoms with Gasteiger partial charge in [-0.1, -0.05) is 29.8 Å². The van der Waals surface area contributed by atoms with Crippen LogP contribution >= 0.6 is 15.9 Å². The minimum absolute atomic E-state index is 0.0130. The molecule has 0 aliphatic rings. The lowest BCUT2D eigenvalue weighted by Crippen LogP contribution is -2.20. The van der Waals surface area contributed by atoms with Gasteiger partial charge in [0.2, 0.25) is 5.91 Å². The van der Waals surface area contributed by atoms with Crippen molar-refractivity contribution in [1.82, 2.24) is 24.5 Å². The normalized spacial score (nSPS) is 11.8. The van der Waals surface area contributed by atoms with Gasteiger partial charge in [0, 0.05) is 11.9 Å². The number of amides is 1. The molecule has 0 bridgehead atoms. The van der Waals surface area contributed by atoms with Crippen LogP contribution in [0.3, 0.4) is 0 Å². The highest BCUT2D eigenvalue weighted by Gasteiger charge is 2.35. The maximum absolute atomic E-state index is 13.5. The molecule has 4 aromatic rings. The van der Waals surface area contributed by atoms with Crippen molar-refractivity contribution in [3.8, 4) is 0 Å². The van der Waals surface area contributed by atoms with E-state index in [0.29, 0.717) is 16.8 Å². The number of carbonyl (C=O) groups excluding carboxylic acids is 1. The zero-order valence-electron chi connectivity index (χ0n) is 18.0. The SMILES string of the molecule is Cc1cccc(Cn2cc(Br)c(NC(=O)Cn3nc(C)c4c(C(F)(F)F)cc(C)nc43)n2)c1. The van der Waals surface area contributed by atoms with Crippen LogP contribution < -0.4 is 5.32 Å². The molecule has 0 unspecified atom stereocenters. The van der Waals surface area contributed by atoms with E-state index in [1.807, 2.05) is 31.2 Å². The highest BCUT2D eigenvalue weighted by atomic mass is 79.9. The van der Waals surface area contributed by atoms with Gasteiger partial charge in [-0.15, -0.1) is 0 Å².